The molecule has 2 fully saturated rings. The molecule has 0 amide bonds. The molecule has 17 heavy (non-hydrogen) atoms. The largest absolute Gasteiger partial charge is 0.378 e. The van der Waals surface area contributed by atoms with Gasteiger partial charge in [-0.15, -0.1) is 0 Å². The highest BCUT2D eigenvalue weighted by Gasteiger charge is 2.42. The summed E-state index contributed by atoms with van der Waals surface area (Å²) in [5.74, 6) is 1.06. The van der Waals surface area contributed by atoms with Gasteiger partial charge in [0.05, 0.1) is 12.2 Å². The average molecular weight is 261 g/mol. The lowest BCUT2D eigenvalue weighted by Gasteiger charge is -2.36. The predicted octanol–water partition coefficient (Wildman–Crippen LogP) is 0.668. The van der Waals surface area contributed by atoms with Crippen molar-refractivity contribution in [3.8, 4) is 0 Å². The van der Waals surface area contributed by atoms with Crippen molar-refractivity contribution in [1.82, 2.24) is 0 Å². The molecule has 0 saturated carbocycles. The lowest BCUT2D eigenvalue weighted by Crippen LogP contribution is -2.44. The van der Waals surface area contributed by atoms with Gasteiger partial charge in [-0.3, -0.25) is 4.21 Å². The van der Waals surface area contributed by atoms with Crippen LogP contribution in [0.1, 0.15) is 26.2 Å². The second-order valence-electron chi connectivity index (χ2n) is 5.34. The summed E-state index contributed by atoms with van der Waals surface area (Å²) in [4.78, 5) is 0. The maximum Gasteiger partial charge on any atom is 0.0948 e. The van der Waals surface area contributed by atoms with E-state index < -0.39 is 10.8 Å². The van der Waals surface area contributed by atoms with E-state index in [2.05, 4.69) is 6.92 Å². The summed E-state index contributed by atoms with van der Waals surface area (Å²) in [7, 11) is -0.774. The highest BCUT2D eigenvalue weighted by Crippen LogP contribution is 2.34. The average Bonchev–Trinajstić information content (AvgIpc) is 2.77. The van der Waals surface area contributed by atoms with Gasteiger partial charge >= 0.3 is 0 Å². The van der Waals surface area contributed by atoms with E-state index >= 15 is 0 Å². The van der Waals surface area contributed by atoms with Gasteiger partial charge in [-0.25, -0.2) is 0 Å². The first kappa shape index (κ1) is 13.5. The quantitative estimate of drug-likeness (QED) is 0.808. The van der Waals surface area contributed by atoms with Crippen molar-refractivity contribution in [2.45, 2.75) is 37.0 Å². The molecule has 4 nitrogen and oxygen atoms in total. The molecule has 2 aliphatic heterocycles. The summed E-state index contributed by atoms with van der Waals surface area (Å²) >= 11 is 0. The van der Waals surface area contributed by atoms with Gasteiger partial charge < -0.3 is 15.2 Å². The second-order valence-corrected chi connectivity index (χ2v) is 7.10. The third-order valence-electron chi connectivity index (χ3n) is 3.74. The van der Waals surface area contributed by atoms with Crippen molar-refractivity contribution in [3.05, 3.63) is 0 Å². The van der Waals surface area contributed by atoms with Crippen LogP contribution in [-0.2, 0) is 20.3 Å². The number of hydrogen-bond acceptors (Lipinski definition) is 4. The van der Waals surface area contributed by atoms with Crippen molar-refractivity contribution >= 4 is 10.8 Å². The molecule has 4 unspecified atom stereocenters. The Balaban J connectivity index is 1.90. The normalized spacial score (nSPS) is 37.2. The van der Waals surface area contributed by atoms with E-state index in [1.165, 1.54) is 0 Å². The first-order chi connectivity index (χ1) is 8.15. The van der Waals surface area contributed by atoms with Crippen LogP contribution in [-0.4, -0.2) is 47.2 Å². The van der Waals surface area contributed by atoms with Crippen LogP contribution in [0, 0.1) is 5.92 Å². The highest BCUT2D eigenvalue weighted by atomic mass is 32.2. The minimum absolute atomic E-state index is 0.134. The van der Waals surface area contributed by atoms with Crippen LogP contribution < -0.4 is 5.73 Å². The topological polar surface area (TPSA) is 61.6 Å². The molecular weight excluding hydrogens is 238 g/mol. The standard InChI is InChI=1S/C12H23NO3S/c1-10(7-13)8-17(14)11-2-4-16-12(6-11)3-5-15-9-12/h10-11H,2-9,13H2,1H3. The molecule has 0 aliphatic carbocycles. The summed E-state index contributed by atoms with van der Waals surface area (Å²) in [5.41, 5.74) is 5.45. The Morgan fingerprint density at radius 3 is 3.00 bits per heavy atom. The molecular formula is C12H23NO3S. The summed E-state index contributed by atoms with van der Waals surface area (Å²) in [5, 5.41) is 0.263. The van der Waals surface area contributed by atoms with Crippen LogP contribution >= 0.6 is 0 Å². The van der Waals surface area contributed by atoms with Crippen LogP contribution in [0.25, 0.3) is 0 Å². The first-order valence-corrected chi connectivity index (χ1v) is 7.82. The van der Waals surface area contributed by atoms with Crippen LogP contribution in [0.3, 0.4) is 0 Å². The smallest absolute Gasteiger partial charge is 0.0948 e. The monoisotopic (exact) mass is 261 g/mol. The molecule has 2 saturated heterocycles. The Morgan fingerprint density at radius 2 is 2.35 bits per heavy atom. The molecule has 2 aliphatic rings. The van der Waals surface area contributed by atoms with Crippen LogP contribution in [0.4, 0.5) is 0 Å². The predicted molar refractivity (Wildman–Crippen MR) is 68.4 cm³/mol. The summed E-state index contributed by atoms with van der Waals surface area (Å²) in [6.07, 6.45) is 2.75. The van der Waals surface area contributed by atoms with Gasteiger partial charge in [0.25, 0.3) is 0 Å². The van der Waals surface area contributed by atoms with Crippen LogP contribution in [0.5, 0.6) is 0 Å². The summed E-state index contributed by atoms with van der Waals surface area (Å²) in [6.45, 7) is 4.84. The van der Waals surface area contributed by atoms with Crippen molar-refractivity contribution in [2.75, 3.05) is 32.1 Å². The fourth-order valence-corrected chi connectivity index (χ4v) is 4.37. The van der Waals surface area contributed by atoms with Crippen molar-refractivity contribution in [1.29, 1.82) is 0 Å². The van der Waals surface area contributed by atoms with Crippen molar-refractivity contribution < 1.29 is 13.7 Å². The van der Waals surface area contributed by atoms with Crippen molar-refractivity contribution in [3.63, 3.8) is 0 Å². The summed E-state index contributed by atoms with van der Waals surface area (Å²) < 4.78 is 23.5. The lowest BCUT2D eigenvalue weighted by atomic mass is 9.93. The molecule has 2 rings (SSSR count). The molecule has 4 atom stereocenters. The molecule has 1 spiro atoms. The minimum Gasteiger partial charge on any atom is -0.378 e. The number of hydrogen-bond donors (Lipinski definition) is 1. The van der Waals surface area contributed by atoms with E-state index in [0.717, 1.165) is 38.2 Å². The Hall–Kier alpha value is 0.0300. The van der Waals surface area contributed by atoms with E-state index in [0.29, 0.717) is 19.1 Å². The van der Waals surface area contributed by atoms with Crippen molar-refractivity contribution in [2.24, 2.45) is 11.7 Å². The van der Waals surface area contributed by atoms with E-state index in [4.69, 9.17) is 15.2 Å². The molecule has 2 N–H and O–H groups in total. The van der Waals surface area contributed by atoms with Gasteiger partial charge in [0.1, 0.15) is 0 Å². The van der Waals surface area contributed by atoms with E-state index in [1.807, 2.05) is 0 Å². The van der Waals surface area contributed by atoms with Crippen LogP contribution in [0.15, 0.2) is 0 Å². The number of ether oxygens (including phenoxy) is 2. The molecule has 100 valence electrons. The fourth-order valence-electron chi connectivity index (χ4n) is 2.56. The minimum atomic E-state index is -0.774. The zero-order chi connectivity index (χ0) is 12.3. The van der Waals surface area contributed by atoms with Gasteiger partial charge in [0.2, 0.25) is 0 Å². The zero-order valence-corrected chi connectivity index (χ0v) is 11.3. The van der Waals surface area contributed by atoms with Gasteiger partial charge in [-0.1, -0.05) is 6.92 Å². The highest BCUT2D eigenvalue weighted by molar-refractivity contribution is 7.85. The molecule has 5 heteroatoms. The fraction of sp³-hybridized carbons (Fsp3) is 1.00. The maximum atomic E-state index is 12.3. The first-order valence-electron chi connectivity index (χ1n) is 6.44. The zero-order valence-electron chi connectivity index (χ0n) is 10.5. The second kappa shape index (κ2) is 5.78. The van der Waals surface area contributed by atoms with Gasteiger partial charge in [-0.05, 0) is 25.3 Å². The molecule has 0 radical (unpaired) electrons. The number of rotatable bonds is 4. The van der Waals surface area contributed by atoms with Crippen LogP contribution in [0.2, 0.25) is 0 Å². The number of nitrogens with two attached hydrogens (primary N) is 1. The maximum absolute atomic E-state index is 12.3. The third kappa shape index (κ3) is 3.28. The third-order valence-corrected chi connectivity index (χ3v) is 5.78. The van der Waals surface area contributed by atoms with Gasteiger partial charge in [0, 0.05) is 41.4 Å². The molecule has 2 heterocycles. The summed E-state index contributed by atoms with van der Waals surface area (Å²) in [6, 6.07) is 0. The Bertz CT molecular complexity index is 279. The SMILES string of the molecule is CC(CN)CS(=O)C1CCOC2(CCOC2)C1. The Morgan fingerprint density at radius 1 is 1.53 bits per heavy atom. The molecule has 0 aromatic carbocycles. The lowest BCUT2D eigenvalue weighted by molar-refractivity contribution is -0.0774. The molecule has 0 aromatic heterocycles. The van der Waals surface area contributed by atoms with Gasteiger partial charge in [-0.2, -0.15) is 0 Å². The van der Waals surface area contributed by atoms with E-state index in [1.54, 1.807) is 0 Å². The molecule has 0 aromatic rings. The van der Waals surface area contributed by atoms with Gasteiger partial charge in [0.15, 0.2) is 0 Å². The Labute approximate surface area is 106 Å². The van der Waals surface area contributed by atoms with E-state index in [-0.39, 0.29) is 10.9 Å². The Kier molecular flexibility index (Phi) is 4.58. The van der Waals surface area contributed by atoms with E-state index in [9.17, 15) is 4.21 Å². The molecule has 0 bridgehead atoms.